The average molecular weight is 406 g/mol. The Bertz CT molecular complexity index is 1210. The summed E-state index contributed by atoms with van der Waals surface area (Å²) in [5, 5.41) is 13.2. The van der Waals surface area contributed by atoms with Gasteiger partial charge in [0.05, 0.1) is 6.07 Å². The highest BCUT2D eigenvalue weighted by Crippen LogP contribution is 2.23. The molecule has 150 valence electrons. The quantitative estimate of drug-likeness (QED) is 0.379. The number of amides is 1. The Labute approximate surface area is 169 Å². The molecule has 0 aliphatic rings. The fourth-order valence-corrected chi connectivity index (χ4v) is 2.61. The molecule has 0 aliphatic carbocycles. The first-order valence-corrected chi connectivity index (χ1v) is 8.65. The lowest BCUT2D eigenvalue weighted by molar-refractivity contribution is -0.402. The molecule has 0 spiro atoms. The lowest BCUT2D eigenvalue weighted by Crippen LogP contribution is -2.10. The van der Waals surface area contributed by atoms with Crippen molar-refractivity contribution in [2.24, 2.45) is 0 Å². The second kappa shape index (κ2) is 7.83. The highest BCUT2D eigenvalue weighted by atomic mass is 16.6. The van der Waals surface area contributed by atoms with E-state index in [-0.39, 0.29) is 5.76 Å². The lowest BCUT2D eigenvalue weighted by Gasteiger charge is -2.08. The summed E-state index contributed by atoms with van der Waals surface area (Å²) in [5.74, 6) is 0.965. The van der Waals surface area contributed by atoms with Gasteiger partial charge in [0.25, 0.3) is 5.91 Å². The van der Waals surface area contributed by atoms with Crippen molar-refractivity contribution in [1.29, 1.82) is 0 Å². The van der Waals surface area contributed by atoms with Gasteiger partial charge in [0.1, 0.15) is 28.6 Å². The van der Waals surface area contributed by atoms with E-state index in [1.165, 1.54) is 12.4 Å². The third-order valence-electron chi connectivity index (χ3n) is 4.03. The number of carbonyl (C=O) groups excluding carboxylic acids is 1. The number of nitrogens with zero attached hydrogens (tertiary/aromatic N) is 5. The normalized spacial score (nSPS) is 10.6. The second-order valence-corrected chi connectivity index (χ2v) is 6.03. The fourth-order valence-electron chi connectivity index (χ4n) is 2.61. The van der Waals surface area contributed by atoms with Crippen molar-refractivity contribution in [3.8, 4) is 17.4 Å². The molecule has 11 nitrogen and oxygen atoms in total. The first-order valence-electron chi connectivity index (χ1n) is 8.65. The molecule has 3 aromatic heterocycles. The van der Waals surface area contributed by atoms with E-state index in [4.69, 9.17) is 9.15 Å². The van der Waals surface area contributed by atoms with Gasteiger partial charge in [-0.05, 0) is 37.3 Å². The molecule has 0 atom stereocenters. The molecule has 0 aliphatic heterocycles. The van der Waals surface area contributed by atoms with Crippen LogP contribution in [-0.2, 0) is 0 Å². The van der Waals surface area contributed by atoms with Crippen LogP contribution in [0.25, 0.3) is 5.82 Å². The SMILES string of the molecule is Cc1nccn1-c1cc(Oc2ccc(NC(=O)c3ccc([N+](=O)[O-])o3)cc2)ncn1. The molecular weight excluding hydrogens is 392 g/mol. The molecule has 3 heterocycles. The molecule has 11 heteroatoms. The van der Waals surface area contributed by atoms with Crippen molar-refractivity contribution in [2.45, 2.75) is 6.92 Å². The first-order chi connectivity index (χ1) is 14.5. The minimum absolute atomic E-state index is 0.162. The van der Waals surface area contributed by atoms with E-state index in [0.29, 0.717) is 23.1 Å². The van der Waals surface area contributed by atoms with Gasteiger partial charge in [0.2, 0.25) is 5.88 Å². The fraction of sp³-hybridized carbons (Fsp3) is 0.0526. The number of rotatable bonds is 6. The molecule has 0 saturated carbocycles. The molecule has 0 unspecified atom stereocenters. The van der Waals surface area contributed by atoms with Gasteiger partial charge in [-0.3, -0.25) is 19.5 Å². The Morgan fingerprint density at radius 1 is 1.17 bits per heavy atom. The summed E-state index contributed by atoms with van der Waals surface area (Å²) < 4.78 is 12.4. The number of nitro groups is 1. The highest BCUT2D eigenvalue weighted by Gasteiger charge is 2.17. The van der Waals surface area contributed by atoms with Gasteiger partial charge in [0.15, 0.2) is 5.76 Å². The number of benzene rings is 1. The molecule has 1 N–H and O–H groups in total. The predicted molar refractivity (Wildman–Crippen MR) is 104 cm³/mol. The van der Waals surface area contributed by atoms with E-state index in [2.05, 4.69) is 20.3 Å². The summed E-state index contributed by atoms with van der Waals surface area (Å²) >= 11 is 0. The Morgan fingerprint density at radius 3 is 2.63 bits per heavy atom. The summed E-state index contributed by atoms with van der Waals surface area (Å²) in [7, 11) is 0. The second-order valence-electron chi connectivity index (χ2n) is 6.03. The van der Waals surface area contributed by atoms with Crippen molar-refractivity contribution in [3.63, 3.8) is 0 Å². The van der Waals surface area contributed by atoms with Gasteiger partial charge in [0, 0.05) is 24.1 Å². The summed E-state index contributed by atoms with van der Waals surface area (Å²) in [6.07, 6.45) is 4.85. The zero-order chi connectivity index (χ0) is 21.1. The number of nitrogens with one attached hydrogen (secondary N) is 1. The number of ether oxygens (including phenoxy) is 1. The molecule has 0 bridgehead atoms. The number of imidazole rings is 1. The molecule has 1 amide bonds. The topological polar surface area (TPSA) is 138 Å². The van der Waals surface area contributed by atoms with Crippen LogP contribution < -0.4 is 10.1 Å². The molecule has 4 aromatic rings. The van der Waals surface area contributed by atoms with Crippen LogP contribution in [0.15, 0.2) is 65.6 Å². The van der Waals surface area contributed by atoms with Crippen molar-refractivity contribution in [3.05, 3.63) is 82.9 Å². The van der Waals surface area contributed by atoms with E-state index in [0.717, 1.165) is 11.9 Å². The molecule has 4 rings (SSSR count). The van der Waals surface area contributed by atoms with Crippen LogP contribution in [-0.4, -0.2) is 30.3 Å². The van der Waals surface area contributed by atoms with Crippen LogP contribution in [0.2, 0.25) is 0 Å². The number of aromatic nitrogens is 4. The van der Waals surface area contributed by atoms with Crippen LogP contribution in [0.1, 0.15) is 16.4 Å². The zero-order valence-electron chi connectivity index (χ0n) is 15.6. The van der Waals surface area contributed by atoms with Gasteiger partial charge in [-0.2, -0.15) is 0 Å². The van der Waals surface area contributed by atoms with Crippen LogP contribution >= 0.6 is 0 Å². The van der Waals surface area contributed by atoms with Crippen molar-refractivity contribution in [1.82, 2.24) is 19.5 Å². The van der Waals surface area contributed by atoms with Crippen molar-refractivity contribution in [2.75, 3.05) is 5.32 Å². The maximum atomic E-state index is 12.1. The third kappa shape index (κ3) is 3.99. The summed E-state index contributed by atoms with van der Waals surface area (Å²) in [5.41, 5.74) is 0.462. The lowest BCUT2D eigenvalue weighted by atomic mass is 10.3. The Morgan fingerprint density at radius 2 is 1.97 bits per heavy atom. The number of anilines is 1. The molecule has 0 radical (unpaired) electrons. The van der Waals surface area contributed by atoms with Gasteiger partial charge in [-0.25, -0.2) is 15.0 Å². The molecule has 0 saturated heterocycles. The number of hydrogen-bond donors (Lipinski definition) is 1. The predicted octanol–water partition coefficient (Wildman–Crippen LogP) is 3.52. The van der Waals surface area contributed by atoms with Crippen LogP contribution in [0.5, 0.6) is 11.6 Å². The minimum atomic E-state index is -0.713. The van der Waals surface area contributed by atoms with Crippen LogP contribution in [0.3, 0.4) is 0 Å². The van der Waals surface area contributed by atoms with Crippen LogP contribution in [0, 0.1) is 17.0 Å². The summed E-state index contributed by atoms with van der Waals surface area (Å²) in [4.78, 5) is 34.5. The summed E-state index contributed by atoms with van der Waals surface area (Å²) in [6, 6.07) is 10.6. The van der Waals surface area contributed by atoms with E-state index in [9.17, 15) is 14.9 Å². The largest absolute Gasteiger partial charge is 0.439 e. The van der Waals surface area contributed by atoms with E-state index < -0.39 is 16.7 Å². The Kier molecular flexibility index (Phi) is 4.91. The third-order valence-corrected chi connectivity index (χ3v) is 4.03. The monoisotopic (exact) mass is 406 g/mol. The Hall–Kier alpha value is -4.54. The maximum Gasteiger partial charge on any atom is 0.433 e. The number of hydrogen-bond acceptors (Lipinski definition) is 8. The van der Waals surface area contributed by atoms with E-state index >= 15 is 0 Å². The van der Waals surface area contributed by atoms with Gasteiger partial charge >= 0.3 is 5.88 Å². The zero-order valence-corrected chi connectivity index (χ0v) is 15.6. The average Bonchev–Trinajstić information content (AvgIpc) is 3.39. The maximum absolute atomic E-state index is 12.1. The number of carbonyl (C=O) groups is 1. The van der Waals surface area contributed by atoms with Crippen LogP contribution in [0.4, 0.5) is 11.6 Å². The Balaban J connectivity index is 1.43. The van der Waals surface area contributed by atoms with Crippen molar-refractivity contribution < 1.29 is 18.9 Å². The smallest absolute Gasteiger partial charge is 0.433 e. The summed E-state index contributed by atoms with van der Waals surface area (Å²) in [6.45, 7) is 1.86. The molecule has 1 aromatic carbocycles. The van der Waals surface area contributed by atoms with Gasteiger partial charge in [-0.15, -0.1) is 0 Å². The van der Waals surface area contributed by atoms with Crippen molar-refractivity contribution >= 4 is 17.5 Å². The van der Waals surface area contributed by atoms with Gasteiger partial charge in [-0.1, -0.05) is 0 Å². The molecular formula is C19H14N6O5. The molecule has 30 heavy (non-hydrogen) atoms. The molecule has 0 fully saturated rings. The van der Waals surface area contributed by atoms with Gasteiger partial charge < -0.3 is 14.5 Å². The minimum Gasteiger partial charge on any atom is -0.439 e. The number of furan rings is 1. The van der Waals surface area contributed by atoms with E-state index in [1.807, 2.05) is 6.92 Å². The standard InChI is InChI=1S/C19H14N6O5/c1-12-20-8-9-24(12)16-10-17(22-11-21-16)29-14-4-2-13(3-5-14)23-19(26)15-6-7-18(30-15)25(27)28/h2-11H,1H3,(H,23,26). The highest BCUT2D eigenvalue weighted by molar-refractivity contribution is 6.02. The first kappa shape index (κ1) is 18.8. The number of aryl methyl sites for hydroxylation is 1. The van der Waals surface area contributed by atoms with E-state index in [1.54, 1.807) is 47.3 Å².